The van der Waals surface area contributed by atoms with Gasteiger partial charge >= 0.3 is 5.69 Å². The molecule has 0 saturated carbocycles. The lowest BCUT2D eigenvalue weighted by Crippen LogP contribution is -2.39. The highest BCUT2D eigenvalue weighted by Gasteiger charge is 2.19. The number of fused-ring (bicyclic) bond motifs is 1. The first kappa shape index (κ1) is 18.4. The number of halogens is 1. The first-order valence-corrected chi connectivity index (χ1v) is 9.85. The number of hydrogen-bond donors (Lipinski definition) is 0. The molecule has 0 aliphatic heterocycles. The number of sulfone groups is 1. The van der Waals surface area contributed by atoms with E-state index in [-0.39, 0.29) is 28.6 Å². The topological polar surface area (TPSA) is 96.0 Å². The van der Waals surface area contributed by atoms with E-state index in [1.54, 1.807) is 19.2 Å². The van der Waals surface area contributed by atoms with Gasteiger partial charge < -0.3 is 4.57 Å². The Hall–Kier alpha value is -2.39. The van der Waals surface area contributed by atoms with Crippen molar-refractivity contribution in [3.63, 3.8) is 0 Å². The van der Waals surface area contributed by atoms with Crippen LogP contribution in [0, 0.1) is 0 Å². The van der Waals surface area contributed by atoms with Gasteiger partial charge in [0.1, 0.15) is 0 Å². The zero-order chi connectivity index (χ0) is 19.1. The number of imidazole rings is 1. The summed E-state index contributed by atoms with van der Waals surface area (Å²) in [4.78, 5) is 29.1. The third kappa shape index (κ3) is 3.08. The molecule has 0 aliphatic rings. The van der Waals surface area contributed by atoms with Gasteiger partial charge in [-0.05, 0) is 18.6 Å². The summed E-state index contributed by atoms with van der Waals surface area (Å²) in [6.45, 7) is -0.0176. The van der Waals surface area contributed by atoms with Crippen LogP contribution < -0.4 is 11.2 Å². The van der Waals surface area contributed by atoms with Gasteiger partial charge in [-0.25, -0.2) is 18.2 Å². The predicted octanol–water partition coefficient (Wildman–Crippen LogP) is 0.951. The Balaban J connectivity index is 1.89. The van der Waals surface area contributed by atoms with E-state index >= 15 is 0 Å². The minimum absolute atomic E-state index is 0.0176. The molecule has 1 aromatic carbocycles. The highest BCUT2D eigenvalue weighted by atomic mass is 35.5. The monoisotopic (exact) mass is 396 g/mol. The average molecular weight is 397 g/mol. The molecular formula is C16H17ClN4O4S. The van der Waals surface area contributed by atoms with Gasteiger partial charge in [-0.3, -0.25) is 13.9 Å². The molecule has 3 rings (SSSR count). The molecule has 0 fully saturated rings. The SMILES string of the molecule is Cn1cnc2c1c(=O)n(CCCS(=O)(=O)c1ccccc1Cl)c(=O)n2C. The normalized spacial score (nSPS) is 12.0. The second-order valence-corrected chi connectivity index (χ2v) is 8.41. The highest BCUT2D eigenvalue weighted by molar-refractivity contribution is 7.91. The third-order valence-corrected chi connectivity index (χ3v) is 6.46. The summed E-state index contributed by atoms with van der Waals surface area (Å²) >= 11 is 5.95. The van der Waals surface area contributed by atoms with E-state index in [1.807, 2.05) is 0 Å². The maximum Gasteiger partial charge on any atom is 0.332 e. The Kier molecular flexibility index (Phi) is 4.76. The largest absolute Gasteiger partial charge is 0.332 e. The smallest absolute Gasteiger partial charge is 0.328 e. The molecule has 8 nitrogen and oxygen atoms in total. The van der Waals surface area contributed by atoms with Crippen LogP contribution in [0.15, 0.2) is 45.1 Å². The van der Waals surface area contributed by atoms with Crippen LogP contribution in [0.1, 0.15) is 6.42 Å². The van der Waals surface area contributed by atoms with Crippen molar-refractivity contribution in [1.82, 2.24) is 18.7 Å². The minimum atomic E-state index is -3.61. The van der Waals surface area contributed by atoms with E-state index in [0.29, 0.717) is 11.2 Å². The van der Waals surface area contributed by atoms with Crippen LogP contribution in [0.25, 0.3) is 11.2 Å². The Morgan fingerprint density at radius 2 is 1.85 bits per heavy atom. The number of hydrogen-bond acceptors (Lipinski definition) is 5. The van der Waals surface area contributed by atoms with Gasteiger partial charge in [0.25, 0.3) is 5.56 Å². The fourth-order valence-electron chi connectivity index (χ4n) is 2.81. The van der Waals surface area contributed by atoms with Crippen molar-refractivity contribution in [1.29, 1.82) is 0 Å². The van der Waals surface area contributed by atoms with Crippen molar-refractivity contribution in [2.75, 3.05) is 5.75 Å². The molecule has 0 saturated heterocycles. The summed E-state index contributed by atoms with van der Waals surface area (Å²) in [5, 5.41) is 0.150. The lowest BCUT2D eigenvalue weighted by Gasteiger charge is -2.09. The maximum atomic E-state index is 12.6. The van der Waals surface area contributed by atoms with E-state index < -0.39 is 21.1 Å². The number of nitrogens with zero attached hydrogens (tertiary/aromatic N) is 4. The first-order chi connectivity index (χ1) is 12.2. The molecule has 0 radical (unpaired) electrons. The Morgan fingerprint density at radius 3 is 2.54 bits per heavy atom. The van der Waals surface area contributed by atoms with Crippen LogP contribution in [0.3, 0.4) is 0 Å². The molecule has 2 aromatic heterocycles. The highest BCUT2D eigenvalue weighted by Crippen LogP contribution is 2.22. The molecule has 0 spiro atoms. The van der Waals surface area contributed by atoms with Gasteiger partial charge in [0.15, 0.2) is 21.0 Å². The number of aromatic nitrogens is 4. The number of benzene rings is 1. The van der Waals surface area contributed by atoms with E-state index in [1.165, 1.54) is 34.6 Å². The zero-order valence-corrected chi connectivity index (χ0v) is 15.8. The van der Waals surface area contributed by atoms with Gasteiger partial charge in [-0.1, -0.05) is 23.7 Å². The summed E-state index contributed by atoms with van der Waals surface area (Å²) in [6.07, 6.45) is 1.56. The first-order valence-electron chi connectivity index (χ1n) is 7.82. The average Bonchev–Trinajstić information content (AvgIpc) is 2.98. The van der Waals surface area contributed by atoms with Gasteiger partial charge in [0.05, 0.1) is 22.0 Å². The molecule has 138 valence electrons. The second-order valence-electron chi connectivity index (χ2n) is 5.93. The summed E-state index contributed by atoms with van der Waals surface area (Å²) in [5.74, 6) is -0.226. The van der Waals surface area contributed by atoms with Crippen LogP contribution in [-0.4, -0.2) is 32.9 Å². The molecule has 10 heteroatoms. The molecule has 0 N–H and O–H groups in total. The van der Waals surface area contributed by atoms with Crippen molar-refractivity contribution < 1.29 is 8.42 Å². The molecule has 2 heterocycles. The van der Waals surface area contributed by atoms with E-state index in [9.17, 15) is 18.0 Å². The lowest BCUT2D eigenvalue weighted by molar-refractivity contribution is 0.569. The van der Waals surface area contributed by atoms with Crippen LogP contribution in [0.2, 0.25) is 5.02 Å². The van der Waals surface area contributed by atoms with Crippen molar-refractivity contribution in [3.8, 4) is 0 Å². The standard InChI is InChI=1S/C16H17ClN4O4S/c1-19-10-18-14-13(19)15(22)21(16(23)20(14)2)8-5-9-26(24,25)12-7-4-3-6-11(12)17/h3-4,6-7,10H,5,8-9H2,1-2H3. The van der Waals surface area contributed by atoms with Gasteiger partial charge in [0.2, 0.25) is 0 Å². The Bertz CT molecular complexity index is 1210. The molecule has 0 atom stereocenters. The molecule has 0 bridgehead atoms. The fourth-order valence-corrected chi connectivity index (χ4v) is 4.68. The molecule has 0 unspecified atom stereocenters. The second kappa shape index (κ2) is 6.73. The molecule has 0 amide bonds. The minimum Gasteiger partial charge on any atom is -0.328 e. The Morgan fingerprint density at radius 1 is 1.15 bits per heavy atom. The summed E-state index contributed by atoms with van der Waals surface area (Å²) in [5.41, 5.74) is -0.432. The molecular weight excluding hydrogens is 380 g/mol. The van der Waals surface area contributed by atoms with E-state index in [0.717, 1.165) is 4.57 Å². The zero-order valence-electron chi connectivity index (χ0n) is 14.2. The van der Waals surface area contributed by atoms with Crippen LogP contribution >= 0.6 is 11.6 Å². The number of rotatable bonds is 5. The van der Waals surface area contributed by atoms with Crippen LogP contribution in [0.5, 0.6) is 0 Å². The van der Waals surface area contributed by atoms with Crippen molar-refractivity contribution in [3.05, 3.63) is 56.5 Å². The predicted molar refractivity (Wildman–Crippen MR) is 98.3 cm³/mol. The van der Waals surface area contributed by atoms with Crippen LogP contribution in [-0.2, 0) is 30.5 Å². The van der Waals surface area contributed by atoms with E-state index in [4.69, 9.17) is 11.6 Å². The van der Waals surface area contributed by atoms with Crippen molar-refractivity contribution in [2.24, 2.45) is 14.1 Å². The third-order valence-electron chi connectivity index (χ3n) is 4.17. The molecule has 3 aromatic rings. The molecule has 0 aliphatic carbocycles. The number of aryl methyl sites for hydroxylation is 2. The molecule has 26 heavy (non-hydrogen) atoms. The Labute approximate surface area is 154 Å². The fraction of sp³-hybridized carbons (Fsp3) is 0.312. The van der Waals surface area contributed by atoms with Crippen LogP contribution in [0.4, 0.5) is 0 Å². The van der Waals surface area contributed by atoms with Gasteiger partial charge in [0, 0.05) is 20.6 Å². The summed E-state index contributed by atoms with van der Waals surface area (Å²) < 4.78 is 28.7. The van der Waals surface area contributed by atoms with Crippen molar-refractivity contribution in [2.45, 2.75) is 17.9 Å². The van der Waals surface area contributed by atoms with Crippen molar-refractivity contribution >= 4 is 32.6 Å². The summed E-state index contributed by atoms with van der Waals surface area (Å²) in [6, 6.07) is 6.18. The summed E-state index contributed by atoms with van der Waals surface area (Å²) in [7, 11) is -0.428. The van der Waals surface area contributed by atoms with E-state index in [2.05, 4.69) is 4.98 Å². The lowest BCUT2D eigenvalue weighted by atomic mass is 10.4. The van der Waals surface area contributed by atoms with Gasteiger partial charge in [-0.15, -0.1) is 0 Å². The maximum absolute atomic E-state index is 12.6. The van der Waals surface area contributed by atoms with Gasteiger partial charge in [-0.2, -0.15) is 0 Å². The quantitative estimate of drug-likeness (QED) is 0.639.